The van der Waals surface area contributed by atoms with Crippen LogP contribution in [0.1, 0.15) is 15.9 Å². The zero-order valence-electron chi connectivity index (χ0n) is 10.1. The Hall–Kier alpha value is -1.75. The Morgan fingerprint density at radius 3 is 2.35 bits per heavy atom. The fraction of sp³-hybridized carbons (Fsp3) is 0.417. The van der Waals surface area contributed by atoms with E-state index in [1.54, 1.807) is 13.2 Å². The van der Waals surface area contributed by atoms with Gasteiger partial charge in [-0.2, -0.15) is 0 Å². The molecular formula is C12H15NO4. The lowest BCUT2D eigenvalue weighted by atomic mass is 10.1. The van der Waals surface area contributed by atoms with Gasteiger partial charge in [-0.1, -0.05) is 0 Å². The van der Waals surface area contributed by atoms with Gasteiger partial charge in [0.2, 0.25) is 0 Å². The summed E-state index contributed by atoms with van der Waals surface area (Å²) in [5, 5.41) is 0. The van der Waals surface area contributed by atoms with Gasteiger partial charge in [0.05, 0.1) is 32.9 Å². The van der Waals surface area contributed by atoms with Crippen LogP contribution in [-0.2, 0) is 6.42 Å². The van der Waals surface area contributed by atoms with E-state index in [1.807, 2.05) is 0 Å². The number of carbonyl (C=O) groups excluding carboxylic acids is 1. The Labute approximate surface area is 99.5 Å². The maximum Gasteiger partial charge on any atom is 0.184 e. The molecule has 0 spiro atoms. The topological polar surface area (TPSA) is 70.8 Å². The Balaban J connectivity index is 2.71. The average Bonchev–Trinajstić information content (AvgIpc) is 2.64. The molecule has 1 aliphatic carbocycles. The molecule has 0 aliphatic heterocycles. The highest BCUT2D eigenvalue weighted by atomic mass is 16.5. The predicted octanol–water partition coefficient (Wildman–Crippen LogP) is 0.778. The Morgan fingerprint density at radius 1 is 1.18 bits per heavy atom. The van der Waals surface area contributed by atoms with Gasteiger partial charge in [-0.25, -0.2) is 0 Å². The summed E-state index contributed by atoms with van der Waals surface area (Å²) in [6.07, 6.45) is 0.470. The van der Waals surface area contributed by atoms with Crippen LogP contribution < -0.4 is 19.9 Å². The van der Waals surface area contributed by atoms with E-state index in [2.05, 4.69) is 0 Å². The van der Waals surface area contributed by atoms with Crippen molar-refractivity contribution in [2.45, 2.75) is 12.5 Å². The van der Waals surface area contributed by atoms with Crippen LogP contribution >= 0.6 is 0 Å². The Kier molecular flexibility index (Phi) is 2.93. The van der Waals surface area contributed by atoms with E-state index in [4.69, 9.17) is 19.9 Å². The van der Waals surface area contributed by atoms with Gasteiger partial charge < -0.3 is 19.9 Å². The molecule has 92 valence electrons. The lowest BCUT2D eigenvalue weighted by Crippen LogP contribution is -2.26. The number of rotatable bonds is 3. The van der Waals surface area contributed by atoms with Crippen molar-refractivity contribution in [3.8, 4) is 17.2 Å². The quantitative estimate of drug-likeness (QED) is 0.841. The van der Waals surface area contributed by atoms with Crippen molar-refractivity contribution in [3.05, 3.63) is 17.2 Å². The van der Waals surface area contributed by atoms with Gasteiger partial charge >= 0.3 is 0 Å². The van der Waals surface area contributed by atoms with E-state index >= 15 is 0 Å². The lowest BCUT2D eigenvalue weighted by Gasteiger charge is -2.14. The van der Waals surface area contributed by atoms with Crippen LogP contribution in [0, 0.1) is 0 Å². The van der Waals surface area contributed by atoms with Crippen LogP contribution in [0.15, 0.2) is 6.07 Å². The SMILES string of the molecule is COc1cc(OC)c(OC)c2c1CC(N)C2=O. The molecule has 1 aliphatic rings. The normalized spacial score (nSPS) is 17.9. The highest BCUT2D eigenvalue weighted by Gasteiger charge is 2.35. The number of nitrogens with two attached hydrogens (primary N) is 1. The number of benzene rings is 1. The second-order valence-electron chi connectivity index (χ2n) is 3.84. The monoisotopic (exact) mass is 237 g/mol. The molecule has 5 heteroatoms. The number of Topliss-reactive ketones (excluding diaryl/α,β-unsaturated/α-hetero) is 1. The molecule has 2 rings (SSSR count). The minimum Gasteiger partial charge on any atom is -0.496 e. The van der Waals surface area contributed by atoms with E-state index in [9.17, 15) is 4.79 Å². The summed E-state index contributed by atoms with van der Waals surface area (Å²) in [7, 11) is 4.57. The third-order valence-corrected chi connectivity index (χ3v) is 2.96. The summed E-state index contributed by atoms with van der Waals surface area (Å²) < 4.78 is 15.7. The first-order valence-corrected chi connectivity index (χ1v) is 5.25. The number of carbonyl (C=O) groups is 1. The number of methoxy groups -OCH3 is 3. The van der Waals surface area contributed by atoms with Crippen molar-refractivity contribution in [1.29, 1.82) is 0 Å². The highest BCUT2D eigenvalue weighted by Crippen LogP contribution is 2.43. The maximum atomic E-state index is 12.0. The van der Waals surface area contributed by atoms with Crippen LogP contribution in [0.4, 0.5) is 0 Å². The van der Waals surface area contributed by atoms with E-state index < -0.39 is 6.04 Å². The summed E-state index contributed by atoms with van der Waals surface area (Å²) in [6, 6.07) is 1.18. The highest BCUT2D eigenvalue weighted by molar-refractivity contribution is 6.08. The van der Waals surface area contributed by atoms with Crippen LogP contribution in [-0.4, -0.2) is 33.2 Å². The van der Waals surface area contributed by atoms with Gasteiger partial charge in [-0.15, -0.1) is 0 Å². The molecule has 0 amide bonds. The number of ketones is 1. The lowest BCUT2D eigenvalue weighted by molar-refractivity contribution is 0.0971. The molecule has 2 N–H and O–H groups in total. The molecule has 17 heavy (non-hydrogen) atoms. The summed E-state index contributed by atoms with van der Waals surface area (Å²) >= 11 is 0. The van der Waals surface area contributed by atoms with Crippen LogP contribution in [0.25, 0.3) is 0 Å². The summed E-state index contributed by atoms with van der Waals surface area (Å²) in [5.41, 5.74) is 7.04. The van der Waals surface area contributed by atoms with Gasteiger partial charge in [0.1, 0.15) is 5.75 Å². The molecule has 0 aromatic heterocycles. The summed E-state index contributed by atoms with van der Waals surface area (Å²) in [6.45, 7) is 0. The molecule has 1 atom stereocenters. The summed E-state index contributed by atoms with van der Waals surface area (Å²) in [5.74, 6) is 1.39. The second kappa shape index (κ2) is 4.25. The average molecular weight is 237 g/mol. The third kappa shape index (κ3) is 1.63. The molecule has 0 radical (unpaired) electrons. The molecule has 5 nitrogen and oxygen atoms in total. The van der Waals surface area contributed by atoms with Crippen LogP contribution in [0.5, 0.6) is 17.2 Å². The fourth-order valence-corrected chi connectivity index (χ4v) is 2.15. The van der Waals surface area contributed by atoms with Crippen molar-refractivity contribution < 1.29 is 19.0 Å². The predicted molar refractivity (Wildman–Crippen MR) is 62.1 cm³/mol. The standard InChI is InChI=1S/C12H15NO4/c1-15-8-5-9(16-2)12(17-3)10-6(8)4-7(13)11(10)14/h5,7H,4,13H2,1-3H3. The number of ether oxygens (including phenoxy) is 3. The first kappa shape index (κ1) is 11.7. The fourth-order valence-electron chi connectivity index (χ4n) is 2.15. The number of hydrogen-bond acceptors (Lipinski definition) is 5. The van der Waals surface area contributed by atoms with E-state index in [0.29, 0.717) is 29.2 Å². The first-order chi connectivity index (χ1) is 8.13. The summed E-state index contributed by atoms with van der Waals surface area (Å²) in [4.78, 5) is 12.0. The van der Waals surface area contributed by atoms with Gasteiger partial charge in [0, 0.05) is 11.6 Å². The minimum atomic E-state index is -0.528. The Morgan fingerprint density at radius 2 is 1.82 bits per heavy atom. The van der Waals surface area contributed by atoms with Crippen LogP contribution in [0.2, 0.25) is 0 Å². The van der Waals surface area contributed by atoms with E-state index in [-0.39, 0.29) is 5.78 Å². The van der Waals surface area contributed by atoms with Crippen molar-refractivity contribution in [2.75, 3.05) is 21.3 Å². The zero-order valence-corrected chi connectivity index (χ0v) is 10.1. The van der Waals surface area contributed by atoms with Crippen LogP contribution in [0.3, 0.4) is 0 Å². The second-order valence-corrected chi connectivity index (χ2v) is 3.84. The molecular weight excluding hydrogens is 222 g/mol. The smallest absolute Gasteiger partial charge is 0.184 e. The Bertz CT molecular complexity index is 470. The first-order valence-electron chi connectivity index (χ1n) is 5.25. The number of hydrogen-bond donors (Lipinski definition) is 1. The third-order valence-electron chi connectivity index (χ3n) is 2.96. The molecule has 1 aromatic carbocycles. The molecule has 0 saturated heterocycles. The van der Waals surface area contributed by atoms with Gasteiger partial charge in [-0.05, 0) is 6.42 Å². The molecule has 0 bridgehead atoms. The molecule has 1 aromatic rings. The molecule has 0 fully saturated rings. The number of fused-ring (bicyclic) bond motifs is 1. The van der Waals surface area contributed by atoms with E-state index in [0.717, 1.165) is 5.56 Å². The van der Waals surface area contributed by atoms with E-state index in [1.165, 1.54) is 14.2 Å². The van der Waals surface area contributed by atoms with Crippen molar-refractivity contribution in [1.82, 2.24) is 0 Å². The van der Waals surface area contributed by atoms with Crippen molar-refractivity contribution in [2.24, 2.45) is 5.73 Å². The van der Waals surface area contributed by atoms with Gasteiger partial charge in [-0.3, -0.25) is 4.79 Å². The molecule has 0 saturated carbocycles. The minimum absolute atomic E-state index is 0.131. The largest absolute Gasteiger partial charge is 0.496 e. The zero-order chi connectivity index (χ0) is 12.6. The molecule has 1 unspecified atom stereocenters. The van der Waals surface area contributed by atoms with Gasteiger partial charge in [0.25, 0.3) is 0 Å². The molecule has 0 heterocycles. The van der Waals surface area contributed by atoms with Gasteiger partial charge in [0.15, 0.2) is 17.3 Å². The van der Waals surface area contributed by atoms with Crippen molar-refractivity contribution in [3.63, 3.8) is 0 Å². The van der Waals surface area contributed by atoms with Crippen molar-refractivity contribution >= 4 is 5.78 Å². The maximum absolute atomic E-state index is 12.0.